The summed E-state index contributed by atoms with van der Waals surface area (Å²) in [6.45, 7) is 3.34. The molecule has 1 aliphatic rings. The number of aromatic nitrogens is 1. The van der Waals surface area contributed by atoms with Crippen LogP contribution < -0.4 is 5.32 Å². The normalized spacial score (nSPS) is 22.8. The van der Waals surface area contributed by atoms with Gasteiger partial charge >= 0.3 is 0 Å². The first-order valence-corrected chi connectivity index (χ1v) is 6.69. The number of H-pyrrole nitrogens is 1. The number of nitrogens with one attached hydrogen (secondary N) is 2. The maximum atomic E-state index is 12.2. The molecule has 0 saturated carbocycles. The first kappa shape index (κ1) is 12.5. The summed E-state index contributed by atoms with van der Waals surface area (Å²) in [5, 5.41) is 4.54. The van der Waals surface area contributed by atoms with Crippen LogP contribution >= 0.6 is 11.6 Å². The van der Waals surface area contributed by atoms with Crippen molar-refractivity contribution in [2.75, 3.05) is 13.2 Å². The monoisotopic (exact) mass is 278 g/mol. The summed E-state index contributed by atoms with van der Waals surface area (Å²) in [5.41, 5.74) is 1.33. The number of carbonyl (C=O) groups excluding carboxylic acids is 1. The van der Waals surface area contributed by atoms with E-state index in [1.54, 1.807) is 6.07 Å². The van der Waals surface area contributed by atoms with Crippen LogP contribution in [0.2, 0.25) is 5.02 Å². The minimum atomic E-state index is -0.116. The topological polar surface area (TPSA) is 54.1 Å². The fourth-order valence-electron chi connectivity index (χ4n) is 2.33. The highest BCUT2D eigenvalue weighted by Gasteiger charge is 2.26. The molecule has 0 spiro atoms. The van der Waals surface area contributed by atoms with Crippen LogP contribution in [-0.2, 0) is 4.74 Å². The number of halogens is 1. The highest BCUT2D eigenvalue weighted by atomic mass is 35.5. The number of para-hydroxylation sites is 1. The van der Waals surface area contributed by atoms with Gasteiger partial charge in [-0.15, -0.1) is 0 Å². The summed E-state index contributed by atoms with van der Waals surface area (Å²) in [6, 6.07) is 7.49. The lowest BCUT2D eigenvalue weighted by atomic mass is 10.1. The van der Waals surface area contributed by atoms with E-state index in [0.717, 1.165) is 10.9 Å². The second-order valence-electron chi connectivity index (χ2n) is 4.98. The quantitative estimate of drug-likeness (QED) is 0.887. The number of hydrogen-bond donors (Lipinski definition) is 2. The molecule has 2 heterocycles. The van der Waals surface area contributed by atoms with Crippen LogP contribution in [0.25, 0.3) is 10.9 Å². The zero-order valence-corrected chi connectivity index (χ0v) is 11.3. The molecular weight excluding hydrogens is 264 g/mol. The number of fused-ring (bicyclic) bond motifs is 1. The van der Waals surface area contributed by atoms with Gasteiger partial charge in [0.1, 0.15) is 5.69 Å². The molecule has 1 saturated heterocycles. The highest BCUT2D eigenvalue weighted by Crippen LogP contribution is 2.23. The smallest absolute Gasteiger partial charge is 0.268 e. The van der Waals surface area contributed by atoms with Crippen LogP contribution in [0.3, 0.4) is 0 Å². The Labute approximate surface area is 116 Å². The Bertz CT molecular complexity index is 623. The number of amides is 1. The van der Waals surface area contributed by atoms with E-state index in [4.69, 9.17) is 16.3 Å². The van der Waals surface area contributed by atoms with E-state index in [-0.39, 0.29) is 11.9 Å². The number of benzene rings is 1. The van der Waals surface area contributed by atoms with Gasteiger partial charge in [0.2, 0.25) is 0 Å². The number of ether oxygens (including phenoxy) is 1. The van der Waals surface area contributed by atoms with Crippen molar-refractivity contribution in [2.45, 2.75) is 13.0 Å². The molecule has 3 rings (SSSR count). The number of hydrogen-bond acceptors (Lipinski definition) is 2. The summed E-state index contributed by atoms with van der Waals surface area (Å²) in [6.07, 6.45) is 0. The number of rotatable bonds is 2. The van der Waals surface area contributed by atoms with Crippen molar-refractivity contribution in [1.82, 2.24) is 10.3 Å². The predicted molar refractivity (Wildman–Crippen MR) is 74.5 cm³/mol. The molecule has 5 heteroatoms. The summed E-state index contributed by atoms with van der Waals surface area (Å²) in [7, 11) is 0. The number of aromatic amines is 1. The van der Waals surface area contributed by atoms with E-state index in [0.29, 0.717) is 29.8 Å². The van der Waals surface area contributed by atoms with Crippen molar-refractivity contribution in [3.63, 3.8) is 0 Å². The van der Waals surface area contributed by atoms with E-state index >= 15 is 0 Å². The third-order valence-corrected chi connectivity index (χ3v) is 3.85. The van der Waals surface area contributed by atoms with E-state index in [9.17, 15) is 4.79 Å². The SMILES string of the molecule is CC1COCC1NC(=O)c1cc2cccc(Cl)c2[nH]1. The second-order valence-corrected chi connectivity index (χ2v) is 5.39. The predicted octanol–water partition coefficient (Wildman–Crippen LogP) is 2.59. The van der Waals surface area contributed by atoms with Gasteiger partial charge in [0, 0.05) is 11.3 Å². The van der Waals surface area contributed by atoms with Gasteiger partial charge in [-0.1, -0.05) is 30.7 Å². The van der Waals surface area contributed by atoms with Crippen LogP contribution in [-0.4, -0.2) is 30.1 Å². The average Bonchev–Trinajstić information content (AvgIpc) is 2.97. The Hall–Kier alpha value is -1.52. The lowest BCUT2D eigenvalue weighted by Gasteiger charge is -2.14. The Kier molecular flexibility index (Phi) is 3.21. The summed E-state index contributed by atoms with van der Waals surface area (Å²) < 4.78 is 5.34. The summed E-state index contributed by atoms with van der Waals surface area (Å²) in [4.78, 5) is 15.3. The van der Waals surface area contributed by atoms with Crippen LogP contribution in [0.5, 0.6) is 0 Å². The fourth-order valence-corrected chi connectivity index (χ4v) is 2.56. The van der Waals surface area contributed by atoms with E-state index in [1.165, 1.54) is 0 Å². The zero-order valence-electron chi connectivity index (χ0n) is 10.6. The molecule has 4 nitrogen and oxygen atoms in total. The molecule has 100 valence electrons. The average molecular weight is 279 g/mol. The highest BCUT2D eigenvalue weighted by molar-refractivity contribution is 6.35. The Morgan fingerprint density at radius 2 is 2.32 bits per heavy atom. The van der Waals surface area contributed by atoms with Crippen LogP contribution in [0.4, 0.5) is 0 Å². The molecule has 0 bridgehead atoms. The van der Waals surface area contributed by atoms with Gasteiger partial charge in [0.05, 0.1) is 29.8 Å². The summed E-state index contributed by atoms with van der Waals surface area (Å²) >= 11 is 6.09. The van der Waals surface area contributed by atoms with Gasteiger partial charge in [0.15, 0.2) is 0 Å². The minimum Gasteiger partial charge on any atom is -0.379 e. The lowest BCUT2D eigenvalue weighted by Crippen LogP contribution is -2.39. The third kappa shape index (κ3) is 2.33. The maximum absolute atomic E-state index is 12.2. The molecule has 0 radical (unpaired) electrons. The Morgan fingerprint density at radius 1 is 1.47 bits per heavy atom. The van der Waals surface area contributed by atoms with Crippen LogP contribution in [0, 0.1) is 5.92 Å². The van der Waals surface area contributed by atoms with Gasteiger partial charge in [0.25, 0.3) is 5.91 Å². The molecule has 19 heavy (non-hydrogen) atoms. The van der Waals surface area contributed by atoms with Crippen molar-refractivity contribution in [1.29, 1.82) is 0 Å². The first-order valence-electron chi connectivity index (χ1n) is 6.31. The lowest BCUT2D eigenvalue weighted by molar-refractivity contribution is 0.0922. The molecule has 1 aromatic heterocycles. The Morgan fingerprint density at radius 3 is 3.00 bits per heavy atom. The number of carbonyl (C=O) groups is 1. The second kappa shape index (κ2) is 4.87. The fraction of sp³-hybridized carbons (Fsp3) is 0.357. The van der Waals surface area contributed by atoms with E-state index in [1.807, 2.05) is 18.2 Å². The van der Waals surface area contributed by atoms with Crippen molar-refractivity contribution in [3.8, 4) is 0 Å². The molecule has 1 amide bonds. The van der Waals surface area contributed by atoms with Gasteiger partial charge < -0.3 is 15.0 Å². The zero-order chi connectivity index (χ0) is 13.4. The molecule has 2 atom stereocenters. The van der Waals surface area contributed by atoms with E-state index in [2.05, 4.69) is 17.2 Å². The summed E-state index contributed by atoms with van der Waals surface area (Å²) in [5.74, 6) is 0.228. The third-order valence-electron chi connectivity index (χ3n) is 3.53. The van der Waals surface area contributed by atoms with Gasteiger partial charge in [-0.2, -0.15) is 0 Å². The molecule has 1 aromatic carbocycles. The van der Waals surface area contributed by atoms with Gasteiger partial charge in [-0.25, -0.2) is 0 Å². The van der Waals surface area contributed by atoms with Crippen LogP contribution in [0.1, 0.15) is 17.4 Å². The Balaban J connectivity index is 1.83. The van der Waals surface area contributed by atoms with Crippen LogP contribution in [0.15, 0.2) is 24.3 Å². The van der Waals surface area contributed by atoms with Crippen molar-refractivity contribution < 1.29 is 9.53 Å². The maximum Gasteiger partial charge on any atom is 0.268 e. The van der Waals surface area contributed by atoms with Crippen molar-refractivity contribution in [2.24, 2.45) is 5.92 Å². The van der Waals surface area contributed by atoms with Crippen molar-refractivity contribution in [3.05, 3.63) is 35.0 Å². The molecule has 1 aliphatic heterocycles. The molecule has 2 N–H and O–H groups in total. The standard InChI is InChI=1S/C14H15ClN2O2/c1-8-6-19-7-12(8)17-14(18)11-5-9-3-2-4-10(15)13(9)16-11/h2-5,8,12,16H,6-7H2,1H3,(H,17,18). The van der Waals surface area contributed by atoms with Gasteiger partial charge in [-0.3, -0.25) is 4.79 Å². The van der Waals surface area contributed by atoms with E-state index < -0.39 is 0 Å². The molecule has 2 unspecified atom stereocenters. The van der Waals surface area contributed by atoms with Gasteiger partial charge in [-0.05, 0) is 12.1 Å². The molecule has 1 fully saturated rings. The first-order chi connectivity index (χ1) is 9.15. The molecular formula is C14H15ClN2O2. The molecule has 0 aliphatic carbocycles. The minimum absolute atomic E-state index is 0.0781. The molecule has 2 aromatic rings. The largest absolute Gasteiger partial charge is 0.379 e. The van der Waals surface area contributed by atoms with Crippen molar-refractivity contribution >= 4 is 28.4 Å².